The van der Waals surface area contributed by atoms with Crippen LogP contribution in [0.5, 0.6) is 0 Å². The molecule has 3 rings (SSSR count). The molecule has 1 aromatic carbocycles. The minimum absolute atomic E-state index is 0.0850. The second-order valence-electron chi connectivity index (χ2n) is 7.56. The molecule has 0 unspecified atom stereocenters. The molecule has 0 aliphatic heterocycles. The SMILES string of the molecule is CC=C(C)[N+]#CC(=CO)c1cc(F)c(N(C)C2=C(CC)CC=c3ncn(C)c3=C2)c(F)c1. The summed E-state index contributed by atoms with van der Waals surface area (Å²) in [6, 6.07) is 4.98. The second-order valence-corrected chi connectivity index (χ2v) is 7.56. The van der Waals surface area contributed by atoms with E-state index in [1.54, 1.807) is 26.4 Å². The van der Waals surface area contributed by atoms with E-state index in [0.717, 1.165) is 34.7 Å². The Kier molecular flexibility index (Phi) is 6.94. The van der Waals surface area contributed by atoms with Crippen molar-refractivity contribution in [3.8, 4) is 6.07 Å². The van der Waals surface area contributed by atoms with Crippen LogP contribution < -0.4 is 15.6 Å². The summed E-state index contributed by atoms with van der Waals surface area (Å²) in [6.07, 6.45) is 9.53. The van der Waals surface area contributed by atoms with Crippen LogP contribution in [0.3, 0.4) is 0 Å². The number of anilines is 1. The summed E-state index contributed by atoms with van der Waals surface area (Å²) in [7, 11) is 3.53. The highest BCUT2D eigenvalue weighted by atomic mass is 19.1. The van der Waals surface area contributed by atoms with Crippen molar-refractivity contribution in [1.82, 2.24) is 9.55 Å². The summed E-state index contributed by atoms with van der Waals surface area (Å²) < 4.78 is 32.3. The summed E-state index contributed by atoms with van der Waals surface area (Å²) in [4.78, 5) is 9.97. The molecule has 0 spiro atoms. The molecule has 0 fully saturated rings. The first-order chi connectivity index (χ1) is 15.3. The maximum absolute atomic E-state index is 15.2. The molecule has 0 radical (unpaired) electrons. The minimum Gasteiger partial charge on any atom is -0.514 e. The van der Waals surface area contributed by atoms with E-state index in [4.69, 9.17) is 0 Å². The van der Waals surface area contributed by atoms with Crippen LogP contribution in [0.2, 0.25) is 0 Å². The fourth-order valence-electron chi connectivity index (χ4n) is 3.55. The van der Waals surface area contributed by atoms with E-state index < -0.39 is 11.6 Å². The number of aryl methyl sites for hydroxylation is 1. The lowest BCUT2D eigenvalue weighted by atomic mass is 10.0. The highest BCUT2D eigenvalue weighted by Gasteiger charge is 2.22. The average Bonchev–Trinajstić information content (AvgIpc) is 3.00. The molecule has 0 atom stereocenters. The van der Waals surface area contributed by atoms with Crippen LogP contribution in [0.15, 0.2) is 47.8 Å². The first-order valence-electron chi connectivity index (χ1n) is 10.4. The lowest BCUT2D eigenvalue weighted by Gasteiger charge is -2.24. The molecule has 1 aliphatic carbocycles. The Morgan fingerprint density at radius 3 is 2.62 bits per heavy atom. The zero-order valence-electron chi connectivity index (χ0n) is 18.9. The molecule has 32 heavy (non-hydrogen) atoms. The third-order valence-corrected chi connectivity index (χ3v) is 5.54. The zero-order valence-corrected chi connectivity index (χ0v) is 18.9. The molecule has 0 bridgehead atoms. The van der Waals surface area contributed by atoms with Gasteiger partial charge in [0, 0.05) is 32.3 Å². The molecular weight excluding hydrogens is 410 g/mol. The summed E-state index contributed by atoms with van der Waals surface area (Å²) in [5, 5.41) is 11.3. The van der Waals surface area contributed by atoms with Crippen molar-refractivity contribution < 1.29 is 13.9 Å². The van der Waals surface area contributed by atoms with Gasteiger partial charge < -0.3 is 14.6 Å². The van der Waals surface area contributed by atoms with Crippen molar-refractivity contribution in [2.24, 2.45) is 7.05 Å². The topological polar surface area (TPSA) is 45.6 Å². The first kappa shape index (κ1) is 23.0. The zero-order chi connectivity index (χ0) is 23.4. The van der Waals surface area contributed by atoms with Gasteiger partial charge in [0.15, 0.2) is 11.6 Å². The number of hydrogen-bond donors (Lipinski definition) is 1. The molecule has 0 saturated carbocycles. The van der Waals surface area contributed by atoms with Crippen LogP contribution in [0, 0.1) is 17.7 Å². The molecule has 7 heteroatoms. The monoisotopic (exact) mass is 437 g/mol. The molecule has 1 aliphatic rings. The van der Waals surface area contributed by atoms with E-state index in [1.165, 1.54) is 17.0 Å². The molecule has 0 amide bonds. The van der Waals surface area contributed by atoms with E-state index in [1.807, 2.05) is 37.6 Å². The number of nitrogens with zero attached hydrogens (tertiary/aromatic N) is 4. The number of aromatic nitrogens is 2. The van der Waals surface area contributed by atoms with Crippen molar-refractivity contribution in [3.05, 3.63) is 80.5 Å². The fourth-order valence-corrected chi connectivity index (χ4v) is 3.55. The van der Waals surface area contributed by atoms with Gasteiger partial charge in [0.2, 0.25) is 0 Å². The first-order valence-corrected chi connectivity index (χ1v) is 10.4. The standard InChI is InChI=1S/C25H26F2N4O/c1-6-16(3)28-13-19(14-32)18-10-20(26)25(21(27)11-18)31(5)23-12-24-22(29-15-30(24)4)9-8-17(23)7-2/h6,9-12,14-15H,7-8H2,1-5H3/p+1. The van der Waals surface area contributed by atoms with Crippen LogP contribution in [0.1, 0.15) is 39.2 Å². The van der Waals surface area contributed by atoms with Crippen molar-refractivity contribution in [3.63, 3.8) is 0 Å². The molecule has 1 N–H and O–H groups in total. The van der Waals surface area contributed by atoms with Gasteiger partial charge in [-0.2, -0.15) is 0 Å². The summed E-state index contributed by atoms with van der Waals surface area (Å²) >= 11 is 0. The predicted octanol–water partition coefficient (Wildman–Crippen LogP) is 4.62. The molecule has 2 aromatic rings. The molecule has 5 nitrogen and oxygen atoms in total. The third-order valence-electron chi connectivity index (χ3n) is 5.54. The molecule has 0 saturated heterocycles. The van der Waals surface area contributed by atoms with Crippen molar-refractivity contribution in [2.45, 2.75) is 33.6 Å². The number of aliphatic hydroxyl groups is 1. The van der Waals surface area contributed by atoms with Gasteiger partial charge in [-0.3, -0.25) is 0 Å². The van der Waals surface area contributed by atoms with E-state index in [-0.39, 0.29) is 16.8 Å². The van der Waals surface area contributed by atoms with Gasteiger partial charge in [-0.15, -0.1) is 0 Å². The molecule has 1 heterocycles. The predicted molar refractivity (Wildman–Crippen MR) is 125 cm³/mol. The van der Waals surface area contributed by atoms with Gasteiger partial charge >= 0.3 is 11.8 Å². The number of benzene rings is 1. The number of hydrogen-bond acceptors (Lipinski definition) is 3. The number of halogens is 2. The summed E-state index contributed by atoms with van der Waals surface area (Å²) in [5.74, 6) is -1.50. The largest absolute Gasteiger partial charge is 0.514 e. The van der Waals surface area contributed by atoms with Crippen molar-refractivity contribution in [1.29, 1.82) is 0 Å². The second kappa shape index (κ2) is 9.65. The Hall–Kier alpha value is -3.66. The number of allylic oxidation sites excluding steroid dienone is 5. The van der Waals surface area contributed by atoms with Gasteiger partial charge in [-0.1, -0.05) is 13.0 Å². The highest BCUT2D eigenvalue weighted by molar-refractivity contribution is 5.79. The van der Waals surface area contributed by atoms with Crippen molar-refractivity contribution >= 4 is 23.4 Å². The molecule has 166 valence electrons. The normalized spacial score (nSPS) is 14.1. The highest BCUT2D eigenvalue weighted by Crippen LogP contribution is 2.31. The fraction of sp³-hybridized carbons (Fsp3) is 0.280. The van der Waals surface area contributed by atoms with Crippen LogP contribution >= 0.6 is 0 Å². The molecular formula is C25H27F2N4O+. The quantitative estimate of drug-likeness (QED) is 0.561. The number of rotatable bonds is 4. The molecule has 1 aromatic heterocycles. The van der Waals surface area contributed by atoms with Crippen molar-refractivity contribution in [2.75, 3.05) is 11.9 Å². The maximum Gasteiger partial charge on any atom is 0.323 e. The van der Waals surface area contributed by atoms with Gasteiger partial charge in [-0.25, -0.2) is 13.8 Å². The number of imidazole rings is 1. The Balaban J connectivity index is 2.09. The van der Waals surface area contributed by atoms with Gasteiger partial charge in [0.05, 0.1) is 17.0 Å². The van der Waals surface area contributed by atoms with Crippen LogP contribution in [-0.2, 0) is 7.05 Å². The van der Waals surface area contributed by atoms with Crippen LogP contribution in [0.4, 0.5) is 14.5 Å². The Labute approximate surface area is 186 Å². The Bertz CT molecular complexity index is 1300. The maximum atomic E-state index is 15.2. The Morgan fingerprint density at radius 2 is 2.03 bits per heavy atom. The van der Waals surface area contributed by atoms with E-state index in [0.29, 0.717) is 12.1 Å². The lowest BCUT2D eigenvalue weighted by Crippen LogP contribution is -2.30. The smallest absolute Gasteiger partial charge is 0.323 e. The number of fused-ring (bicyclic) bond motifs is 1. The average molecular weight is 438 g/mol. The van der Waals surface area contributed by atoms with E-state index >= 15 is 8.78 Å². The minimum atomic E-state index is -0.749. The number of aliphatic hydroxyl groups excluding tert-OH is 1. The van der Waals surface area contributed by atoms with Crippen LogP contribution in [0.25, 0.3) is 22.6 Å². The van der Waals surface area contributed by atoms with E-state index in [2.05, 4.69) is 15.9 Å². The third kappa shape index (κ3) is 4.50. The van der Waals surface area contributed by atoms with Gasteiger partial charge in [0.25, 0.3) is 0 Å². The van der Waals surface area contributed by atoms with Crippen LogP contribution in [-0.4, -0.2) is 21.7 Å². The Morgan fingerprint density at radius 1 is 1.34 bits per heavy atom. The van der Waals surface area contributed by atoms with E-state index in [9.17, 15) is 5.11 Å². The summed E-state index contributed by atoms with van der Waals surface area (Å²) in [6.45, 7) is 5.59. The lowest BCUT2D eigenvalue weighted by molar-refractivity contribution is 0.476. The van der Waals surface area contributed by atoms with Gasteiger partial charge in [0.1, 0.15) is 17.5 Å². The van der Waals surface area contributed by atoms with Gasteiger partial charge in [-0.05, 0) is 54.5 Å². The summed E-state index contributed by atoms with van der Waals surface area (Å²) in [5.41, 5.74) is 2.50.